The minimum atomic E-state index is -0.0487. The molecule has 1 aliphatic heterocycles. The predicted octanol–water partition coefficient (Wildman–Crippen LogP) is 2.79. The molecule has 0 aromatic heterocycles. The Bertz CT molecular complexity index is 324. The van der Waals surface area contributed by atoms with Crippen LogP contribution in [0.3, 0.4) is 0 Å². The highest BCUT2D eigenvalue weighted by atomic mass is 32.2. The molecule has 68 valence electrons. The second-order valence-corrected chi connectivity index (χ2v) is 4.38. The van der Waals surface area contributed by atoms with Crippen LogP contribution in [0.15, 0.2) is 35.3 Å². The molecule has 0 fully saturated rings. The molecule has 1 aromatic carbocycles. The molecular formula is C9H10N2S2. The van der Waals surface area contributed by atoms with E-state index in [2.05, 4.69) is 34.1 Å². The zero-order valence-corrected chi connectivity index (χ0v) is 8.92. The quantitative estimate of drug-likeness (QED) is 0.566. The number of thiol groups is 1. The molecule has 13 heavy (non-hydrogen) atoms. The highest BCUT2D eigenvalue weighted by molar-refractivity contribution is 8.15. The molecule has 1 atom stereocenters. The first-order valence-corrected chi connectivity index (χ1v) is 5.31. The third kappa shape index (κ3) is 1.84. The van der Waals surface area contributed by atoms with Gasteiger partial charge in [0, 0.05) is 11.9 Å². The molecule has 2 rings (SSSR count). The van der Waals surface area contributed by atoms with Gasteiger partial charge < -0.3 is 0 Å². The topological polar surface area (TPSA) is 15.6 Å². The van der Waals surface area contributed by atoms with Crippen molar-refractivity contribution in [3.05, 3.63) is 30.3 Å². The standard InChI is InChI=1S/C9H10N2S2/c1-7-10-9(12)11(13-7)8-5-3-2-4-6-8/h2-6,9,12H,1H3. The van der Waals surface area contributed by atoms with Crippen molar-refractivity contribution in [2.45, 2.75) is 12.4 Å². The normalized spacial score (nSPS) is 21.8. The molecule has 0 amide bonds. The van der Waals surface area contributed by atoms with Gasteiger partial charge in [0.25, 0.3) is 0 Å². The third-order valence-corrected chi connectivity index (χ3v) is 3.23. The van der Waals surface area contributed by atoms with E-state index in [0.29, 0.717) is 0 Å². The summed E-state index contributed by atoms with van der Waals surface area (Å²) >= 11 is 6.01. The molecule has 2 nitrogen and oxygen atoms in total. The molecule has 1 aliphatic rings. The lowest BCUT2D eigenvalue weighted by Gasteiger charge is -2.19. The lowest BCUT2D eigenvalue weighted by Crippen LogP contribution is -2.17. The van der Waals surface area contributed by atoms with E-state index in [1.54, 1.807) is 11.9 Å². The van der Waals surface area contributed by atoms with Crippen molar-refractivity contribution in [2.75, 3.05) is 4.31 Å². The van der Waals surface area contributed by atoms with Gasteiger partial charge in [-0.25, -0.2) is 4.99 Å². The van der Waals surface area contributed by atoms with Crippen LogP contribution in [0.4, 0.5) is 5.69 Å². The summed E-state index contributed by atoms with van der Waals surface area (Å²) in [5, 5.41) is 1.06. The maximum Gasteiger partial charge on any atom is 0.176 e. The Labute approximate surface area is 87.6 Å². The summed E-state index contributed by atoms with van der Waals surface area (Å²) in [7, 11) is 0. The maximum atomic E-state index is 4.38. The fourth-order valence-electron chi connectivity index (χ4n) is 1.19. The van der Waals surface area contributed by atoms with Gasteiger partial charge in [-0.3, -0.25) is 4.31 Å². The minimum Gasteiger partial charge on any atom is -0.279 e. The largest absolute Gasteiger partial charge is 0.279 e. The van der Waals surface area contributed by atoms with Crippen molar-refractivity contribution in [3.8, 4) is 0 Å². The first-order valence-electron chi connectivity index (χ1n) is 4.02. The number of rotatable bonds is 1. The lowest BCUT2D eigenvalue weighted by molar-refractivity contribution is 1.01. The zero-order valence-electron chi connectivity index (χ0n) is 7.21. The van der Waals surface area contributed by atoms with Crippen molar-refractivity contribution in [2.24, 2.45) is 4.99 Å². The fourth-order valence-corrected chi connectivity index (χ4v) is 2.52. The maximum absolute atomic E-state index is 4.38. The van der Waals surface area contributed by atoms with Crippen LogP contribution < -0.4 is 4.31 Å². The second-order valence-electron chi connectivity index (χ2n) is 2.75. The molecule has 0 saturated carbocycles. The van der Waals surface area contributed by atoms with E-state index in [1.165, 1.54) is 0 Å². The smallest absolute Gasteiger partial charge is 0.176 e. The summed E-state index contributed by atoms with van der Waals surface area (Å²) in [5.74, 6) is 0. The van der Waals surface area contributed by atoms with Crippen molar-refractivity contribution >= 4 is 35.3 Å². The Balaban J connectivity index is 2.21. The minimum absolute atomic E-state index is 0.0487. The van der Waals surface area contributed by atoms with Gasteiger partial charge in [-0.2, -0.15) is 0 Å². The summed E-state index contributed by atoms with van der Waals surface area (Å²) in [6.45, 7) is 2.00. The lowest BCUT2D eigenvalue weighted by atomic mass is 10.3. The molecule has 0 aliphatic carbocycles. The van der Waals surface area contributed by atoms with Crippen molar-refractivity contribution < 1.29 is 0 Å². The Morgan fingerprint density at radius 3 is 2.62 bits per heavy atom. The number of hydrogen-bond donors (Lipinski definition) is 1. The monoisotopic (exact) mass is 210 g/mol. The van der Waals surface area contributed by atoms with E-state index in [0.717, 1.165) is 10.7 Å². The van der Waals surface area contributed by atoms with Gasteiger partial charge in [-0.1, -0.05) is 18.2 Å². The molecule has 0 bridgehead atoms. The number of nitrogens with zero attached hydrogens (tertiary/aromatic N) is 2. The van der Waals surface area contributed by atoms with Crippen LogP contribution in [0.25, 0.3) is 0 Å². The van der Waals surface area contributed by atoms with Crippen LogP contribution in [0.1, 0.15) is 6.92 Å². The summed E-state index contributed by atoms with van der Waals surface area (Å²) in [6, 6.07) is 10.2. The molecule has 1 aromatic rings. The first kappa shape index (κ1) is 8.97. The van der Waals surface area contributed by atoms with E-state index in [1.807, 2.05) is 25.1 Å². The number of hydrogen-bond acceptors (Lipinski definition) is 4. The Morgan fingerprint density at radius 2 is 2.08 bits per heavy atom. The van der Waals surface area contributed by atoms with Gasteiger partial charge in [0.05, 0.1) is 10.7 Å². The van der Waals surface area contributed by atoms with Crippen LogP contribution >= 0.6 is 24.6 Å². The van der Waals surface area contributed by atoms with E-state index >= 15 is 0 Å². The zero-order chi connectivity index (χ0) is 9.26. The van der Waals surface area contributed by atoms with Crippen molar-refractivity contribution in [3.63, 3.8) is 0 Å². The first-order chi connectivity index (χ1) is 6.27. The van der Waals surface area contributed by atoms with Gasteiger partial charge in [0.15, 0.2) is 5.50 Å². The molecule has 0 N–H and O–H groups in total. The Morgan fingerprint density at radius 1 is 1.38 bits per heavy atom. The number of para-hydroxylation sites is 1. The highest BCUT2D eigenvalue weighted by Gasteiger charge is 2.22. The molecule has 1 unspecified atom stereocenters. The highest BCUT2D eigenvalue weighted by Crippen LogP contribution is 2.33. The molecule has 0 spiro atoms. The van der Waals surface area contributed by atoms with Gasteiger partial charge in [-0.05, 0) is 19.1 Å². The average molecular weight is 210 g/mol. The molecular weight excluding hydrogens is 200 g/mol. The fraction of sp³-hybridized carbons (Fsp3) is 0.222. The van der Waals surface area contributed by atoms with Crippen LogP contribution in [0, 0.1) is 0 Å². The third-order valence-electron chi connectivity index (χ3n) is 1.75. The van der Waals surface area contributed by atoms with E-state index in [4.69, 9.17) is 0 Å². The number of aliphatic imine (C=N–C) groups is 1. The Hall–Kier alpha value is -0.610. The predicted molar refractivity (Wildman–Crippen MR) is 62.4 cm³/mol. The van der Waals surface area contributed by atoms with E-state index < -0.39 is 0 Å². The average Bonchev–Trinajstić information content (AvgIpc) is 2.47. The van der Waals surface area contributed by atoms with Crippen molar-refractivity contribution in [1.82, 2.24) is 0 Å². The molecule has 4 heteroatoms. The van der Waals surface area contributed by atoms with Gasteiger partial charge in [0.2, 0.25) is 0 Å². The second kappa shape index (κ2) is 3.64. The van der Waals surface area contributed by atoms with Gasteiger partial charge >= 0.3 is 0 Å². The van der Waals surface area contributed by atoms with Crippen LogP contribution in [0.5, 0.6) is 0 Å². The van der Waals surface area contributed by atoms with E-state index in [-0.39, 0.29) is 5.50 Å². The van der Waals surface area contributed by atoms with Crippen LogP contribution in [0.2, 0.25) is 0 Å². The summed E-state index contributed by atoms with van der Waals surface area (Å²) in [4.78, 5) is 4.32. The SMILES string of the molecule is CC1=NC(S)N(c2ccccc2)S1. The molecule has 0 radical (unpaired) electrons. The Kier molecular flexibility index (Phi) is 2.51. The summed E-state index contributed by atoms with van der Waals surface area (Å²) < 4.78 is 2.08. The van der Waals surface area contributed by atoms with Crippen LogP contribution in [-0.2, 0) is 0 Å². The molecule has 1 heterocycles. The van der Waals surface area contributed by atoms with Crippen molar-refractivity contribution in [1.29, 1.82) is 0 Å². The summed E-state index contributed by atoms with van der Waals surface area (Å²) in [5.41, 5.74) is 1.10. The van der Waals surface area contributed by atoms with Crippen LogP contribution in [-0.4, -0.2) is 10.5 Å². The number of benzene rings is 1. The summed E-state index contributed by atoms with van der Waals surface area (Å²) in [6.07, 6.45) is 0. The number of anilines is 1. The van der Waals surface area contributed by atoms with E-state index in [9.17, 15) is 0 Å². The van der Waals surface area contributed by atoms with Gasteiger partial charge in [-0.15, -0.1) is 12.6 Å². The van der Waals surface area contributed by atoms with Gasteiger partial charge in [0.1, 0.15) is 0 Å². The molecule has 0 saturated heterocycles.